The number of rotatable bonds is 4. The van der Waals surface area contributed by atoms with E-state index in [4.69, 9.17) is 22.5 Å². The Morgan fingerprint density at radius 2 is 2.24 bits per heavy atom. The van der Waals surface area contributed by atoms with Gasteiger partial charge in [-0.3, -0.25) is 0 Å². The summed E-state index contributed by atoms with van der Waals surface area (Å²) in [4.78, 5) is 0. The maximum atomic E-state index is 8.69. The van der Waals surface area contributed by atoms with E-state index in [0.717, 1.165) is 12.1 Å². The zero-order valence-electron chi connectivity index (χ0n) is 12.7. The first-order valence-corrected chi connectivity index (χ1v) is 7.81. The Morgan fingerprint density at radius 1 is 1.48 bits per heavy atom. The third kappa shape index (κ3) is 3.89. The lowest BCUT2D eigenvalue weighted by Crippen LogP contribution is -2.43. The Hall–Kier alpha value is -1.26. The van der Waals surface area contributed by atoms with Crippen molar-refractivity contribution in [3.63, 3.8) is 0 Å². The molecule has 1 atom stereocenters. The van der Waals surface area contributed by atoms with E-state index in [-0.39, 0.29) is 5.84 Å². The summed E-state index contributed by atoms with van der Waals surface area (Å²) in [6, 6.07) is 6.01. The van der Waals surface area contributed by atoms with Gasteiger partial charge in [0.1, 0.15) is 0 Å². The normalized spacial score (nSPS) is 22.2. The van der Waals surface area contributed by atoms with Crippen molar-refractivity contribution in [3.8, 4) is 0 Å². The van der Waals surface area contributed by atoms with Crippen LogP contribution in [0.1, 0.15) is 50.7 Å². The Labute approximate surface area is 131 Å². The van der Waals surface area contributed by atoms with Crippen LogP contribution in [0, 0.1) is 5.41 Å². The van der Waals surface area contributed by atoms with Gasteiger partial charge in [0.2, 0.25) is 0 Å². The first kappa shape index (κ1) is 16.1. The number of oxime groups is 1. The molecule has 1 aliphatic rings. The zero-order chi connectivity index (χ0) is 15.5. The molecule has 21 heavy (non-hydrogen) atoms. The topological polar surface area (TPSA) is 70.6 Å². The van der Waals surface area contributed by atoms with Crippen molar-refractivity contribution < 1.29 is 5.21 Å². The Morgan fingerprint density at radius 3 is 2.86 bits per heavy atom. The van der Waals surface area contributed by atoms with Crippen LogP contribution >= 0.6 is 11.6 Å². The van der Waals surface area contributed by atoms with Crippen molar-refractivity contribution in [2.45, 2.75) is 52.1 Å². The van der Waals surface area contributed by atoms with E-state index in [1.54, 1.807) is 6.07 Å². The van der Waals surface area contributed by atoms with E-state index in [1.807, 2.05) is 12.1 Å². The molecular formula is C16H24ClN3O. The van der Waals surface area contributed by atoms with Crippen LogP contribution < -0.4 is 11.1 Å². The molecule has 0 aliphatic heterocycles. The fourth-order valence-electron chi connectivity index (χ4n) is 3.01. The van der Waals surface area contributed by atoms with Gasteiger partial charge in [-0.15, -0.1) is 0 Å². The molecule has 0 aromatic heterocycles. The highest BCUT2D eigenvalue weighted by atomic mass is 35.5. The van der Waals surface area contributed by atoms with E-state index in [2.05, 4.69) is 24.3 Å². The predicted molar refractivity (Wildman–Crippen MR) is 86.8 cm³/mol. The van der Waals surface area contributed by atoms with Gasteiger partial charge in [0.15, 0.2) is 5.84 Å². The fourth-order valence-corrected chi connectivity index (χ4v) is 3.26. The van der Waals surface area contributed by atoms with Gasteiger partial charge in [-0.1, -0.05) is 55.6 Å². The molecule has 4 nitrogen and oxygen atoms in total. The lowest BCUT2D eigenvalue weighted by Gasteiger charge is -2.39. The minimum atomic E-state index is 0.0739. The summed E-state index contributed by atoms with van der Waals surface area (Å²) in [5.41, 5.74) is 7.56. The van der Waals surface area contributed by atoms with Crippen LogP contribution in [0.4, 0.5) is 0 Å². The Balaban J connectivity index is 2.03. The van der Waals surface area contributed by atoms with Crippen molar-refractivity contribution in [1.82, 2.24) is 5.32 Å². The van der Waals surface area contributed by atoms with Gasteiger partial charge in [-0.2, -0.15) is 0 Å². The number of hydrogen-bond acceptors (Lipinski definition) is 3. The van der Waals surface area contributed by atoms with Gasteiger partial charge in [0, 0.05) is 23.2 Å². The molecule has 1 fully saturated rings. The minimum absolute atomic E-state index is 0.0739. The van der Waals surface area contributed by atoms with Crippen molar-refractivity contribution in [2.24, 2.45) is 16.3 Å². The summed E-state index contributed by atoms with van der Waals surface area (Å²) < 4.78 is 0. The number of halogens is 1. The molecule has 0 heterocycles. The number of nitrogens with zero attached hydrogens (tertiary/aromatic N) is 1. The molecule has 0 amide bonds. The largest absolute Gasteiger partial charge is 0.409 e. The average Bonchev–Trinajstić information content (AvgIpc) is 2.46. The summed E-state index contributed by atoms with van der Waals surface area (Å²) in [6.07, 6.45) is 5.09. The maximum Gasteiger partial charge on any atom is 0.170 e. The molecule has 0 saturated heterocycles. The van der Waals surface area contributed by atoms with Crippen LogP contribution in [0.15, 0.2) is 23.4 Å². The summed E-state index contributed by atoms with van der Waals surface area (Å²) in [5.74, 6) is 0.0739. The number of nitrogens with two attached hydrogens (primary N) is 1. The molecule has 0 radical (unpaired) electrons. The van der Waals surface area contributed by atoms with Gasteiger partial charge in [0.25, 0.3) is 0 Å². The standard InChI is InChI=1S/C16H24ClN3O/c1-16(2)8-4-3-5-14(16)19-10-12-7-6-11(9-13(12)17)15(18)20-21/h6-7,9,14,19,21H,3-5,8,10H2,1-2H3,(H2,18,20). The summed E-state index contributed by atoms with van der Waals surface area (Å²) in [7, 11) is 0. The molecule has 116 valence electrons. The number of benzene rings is 1. The van der Waals surface area contributed by atoms with Crippen LogP contribution in [0.25, 0.3) is 0 Å². The van der Waals surface area contributed by atoms with Gasteiger partial charge in [0.05, 0.1) is 0 Å². The second kappa shape index (κ2) is 6.67. The highest BCUT2D eigenvalue weighted by molar-refractivity contribution is 6.31. The lowest BCUT2D eigenvalue weighted by atomic mass is 9.73. The molecule has 5 heteroatoms. The lowest BCUT2D eigenvalue weighted by molar-refractivity contribution is 0.167. The van der Waals surface area contributed by atoms with Crippen LogP contribution in [-0.4, -0.2) is 17.1 Å². The third-order valence-corrected chi connectivity index (χ3v) is 4.85. The fraction of sp³-hybridized carbons (Fsp3) is 0.562. The van der Waals surface area contributed by atoms with Crippen LogP contribution in [0.2, 0.25) is 5.02 Å². The highest BCUT2D eigenvalue weighted by Crippen LogP contribution is 2.35. The van der Waals surface area contributed by atoms with Crippen LogP contribution in [0.3, 0.4) is 0 Å². The van der Waals surface area contributed by atoms with Gasteiger partial charge < -0.3 is 16.3 Å². The first-order chi connectivity index (χ1) is 9.94. The zero-order valence-corrected chi connectivity index (χ0v) is 13.5. The first-order valence-electron chi connectivity index (χ1n) is 7.44. The summed E-state index contributed by atoms with van der Waals surface area (Å²) in [6.45, 7) is 5.39. The Kier molecular flexibility index (Phi) is 5.12. The molecule has 1 unspecified atom stereocenters. The van der Waals surface area contributed by atoms with Gasteiger partial charge in [-0.05, 0) is 29.9 Å². The van der Waals surface area contributed by atoms with E-state index in [1.165, 1.54) is 25.7 Å². The molecule has 1 aliphatic carbocycles. The highest BCUT2D eigenvalue weighted by Gasteiger charge is 2.31. The van der Waals surface area contributed by atoms with Gasteiger partial charge in [-0.25, -0.2) is 0 Å². The summed E-state index contributed by atoms with van der Waals surface area (Å²) in [5, 5.41) is 16.0. The molecule has 0 bridgehead atoms. The molecule has 1 aromatic rings. The second-order valence-electron chi connectivity index (χ2n) is 6.46. The van der Waals surface area contributed by atoms with E-state index < -0.39 is 0 Å². The monoisotopic (exact) mass is 309 g/mol. The molecule has 4 N–H and O–H groups in total. The maximum absolute atomic E-state index is 8.69. The number of amidine groups is 1. The molecule has 1 saturated carbocycles. The van der Waals surface area contributed by atoms with Crippen LogP contribution in [0.5, 0.6) is 0 Å². The molecular weight excluding hydrogens is 286 g/mol. The summed E-state index contributed by atoms with van der Waals surface area (Å²) >= 11 is 6.29. The second-order valence-corrected chi connectivity index (χ2v) is 6.87. The molecule has 2 rings (SSSR count). The van der Waals surface area contributed by atoms with Crippen LogP contribution in [-0.2, 0) is 6.54 Å². The number of hydrogen-bond donors (Lipinski definition) is 3. The smallest absolute Gasteiger partial charge is 0.170 e. The van der Waals surface area contributed by atoms with Crippen molar-refractivity contribution in [2.75, 3.05) is 0 Å². The van der Waals surface area contributed by atoms with Crippen molar-refractivity contribution >= 4 is 17.4 Å². The van der Waals surface area contributed by atoms with E-state index in [0.29, 0.717) is 22.0 Å². The Bertz CT molecular complexity index is 528. The van der Waals surface area contributed by atoms with Gasteiger partial charge >= 0.3 is 0 Å². The predicted octanol–water partition coefficient (Wildman–Crippen LogP) is 3.49. The third-order valence-electron chi connectivity index (χ3n) is 4.50. The van der Waals surface area contributed by atoms with Crippen molar-refractivity contribution in [3.05, 3.63) is 34.3 Å². The SMILES string of the molecule is CC1(C)CCCCC1NCc1ccc(/C(N)=N/O)cc1Cl. The minimum Gasteiger partial charge on any atom is -0.409 e. The quantitative estimate of drug-likeness (QED) is 0.345. The average molecular weight is 310 g/mol. The van der Waals surface area contributed by atoms with E-state index >= 15 is 0 Å². The molecule has 0 spiro atoms. The van der Waals surface area contributed by atoms with E-state index in [9.17, 15) is 0 Å². The molecule has 1 aromatic carbocycles. The number of nitrogens with one attached hydrogen (secondary N) is 1. The van der Waals surface area contributed by atoms with Crippen molar-refractivity contribution in [1.29, 1.82) is 0 Å².